The van der Waals surface area contributed by atoms with Gasteiger partial charge in [-0.25, -0.2) is 4.98 Å². The van der Waals surface area contributed by atoms with E-state index in [4.69, 9.17) is 0 Å². The van der Waals surface area contributed by atoms with Crippen molar-refractivity contribution in [3.63, 3.8) is 0 Å². The molecule has 0 spiro atoms. The number of nitrogens with one attached hydrogen (secondary N) is 1. The van der Waals surface area contributed by atoms with E-state index in [1.165, 1.54) is 22.5 Å². The molecule has 1 aromatic heterocycles. The molecule has 1 amide bonds. The Hall–Kier alpha value is -3.23. The minimum atomic E-state index is -0.447. The molecule has 1 N–H and O–H groups in total. The first-order chi connectivity index (χ1) is 13.0. The molecule has 1 heterocycles. The van der Waals surface area contributed by atoms with Gasteiger partial charge >= 0.3 is 0 Å². The smallest absolute Gasteiger partial charge is 0.268 e. The topological polar surface area (TPSA) is 65.8 Å². The summed E-state index contributed by atoms with van der Waals surface area (Å²) in [5, 5.41) is 12.6. The van der Waals surface area contributed by atoms with Crippen LogP contribution < -0.4 is 5.32 Å². The molecule has 3 aromatic rings. The highest BCUT2D eigenvalue weighted by Gasteiger charge is 2.12. The predicted molar refractivity (Wildman–Crippen MR) is 109 cm³/mol. The number of anilines is 1. The van der Waals surface area contributed by atoms with Crippen LogP contribution in [0, 0.1) is 25.2 Å². The Bertz CT molecular complexity index is 1040. The van der Waals surface area contributed by atoms with E-state index in [2.05, 4.69) is 35.4 Å². The molecule has 0 saturated heterocycles. The molecule has 0 aliphatic rings. The van der Waals surface area contributed by atoms with Crippen LogP contribution in [0.15, 0.2) is 60.3 Å². The molecule has 27 heavy (non-hydrogen) atoms. The Morgan fingerprint density at radius 1 is 1.22 bits per heavy atom. The zero-order chi connectivity index (χ0) is 19.2. The first-order valence-electron chi connectivity index (χ1n) is 8.54. The van der Waals surface area contributed by atoms with E-state index in [-0.39, 0.29) is 5.57 Å². The van der Waals surface area contributed by atoms with Crippen LogP contribution in [0.3, 0.4) is 0 Å². The molecule has 0 atom stereocenters. The van der Waals surface area contributed by atoms with Crippen LogP contribution in [-0.4, -0.2) is 10.9 Å². The third kappa shape index (κ3) is 4.90. The highest BCUT2D eigenvalue weighted by atomic mass is 32.1. The highest BCUT2D eigenvalue weighted by molar-refractivity contribution is 7.15. The number of amides is 1. The Kier molecular flexibility index (Phi) is 5.80. The molecular weight excluding hydrogens is 354 g/mol. The summed E-state index contributed by atoms with van der Waals surface area (Å²) in [6, 6.07) is 17.9. The van der Waals surface area contributed by atoms with E-state index in [1.54, 1.807) is 12.3 Å². The van der Waals surface area contributed by atoms with Gasteiger partial charge in [0.1, 0.15) is 11.6 Å². The molecular formula is C22H19N3OS. The van der Waals surface area contributed by atoms with Gasteiger partial charge in [-0.05, 0) is 36.6 Å². The molecule has 4 nitrogen and oxygen atoms in total. The second-order valence-electron chi connectivity index (χ2n) is 6.28. The lowest BCUT2D eigenvalue weighted by molar-refractivity contribution is -0.112. The number of benzene rings is 2. The highest BCUT2D eigenvalue weighted by Crippen LogP contribution is 2.22. The average molecular weight is 373 g/mol. The SMILES string of the molecule is Cc1cccc(Cc2cnc(NC(=O)C(C#N)=Cc3ccccc3C)s2)c1. The van der Waals surface area contributed by atoms with Crippen molar-refractivity contribution in [2.75, 3.05) is 5.32 Å². The number of carbonyl (C=O) groups is 1. The Morgan fingerprint density at radius 2 is 2.04 bits per heavy atom. The van der Waals surface area contributed by atoms with Crippen LogP contribution in [0.25, 0.3) is 6.08 Å². The lowest BCUT2D eigenvalue weighted by Gasteiger charge is -2.02. The van der Waals surface area contributed by atoms with Crippen LogP contribution in [0.1, 0.15) is 27.1 Å². The Morgan fingerprint density at radius 3 is 2.78 bits per heavy atom. The maximum atomic E-state index is 12.4. The first-order valence-corrected chi connectivity index (χ1v) is 9.36. The molecule has 0 radical (unpaired) electrons. The summed E-state index contributed by atoms with van der Waals surface area (Å²) < 4.78 is 0. The molecule has 3 rings (SSSR count). The lowest BCUT2D eigenvalue weighted by atomic mass is 10.1. The quantitative estimate of drug-likeness (QED) is 0.511. The van der Waals surface area contributed by atoms with Gasteiger partial charge in [0.15, 0.2) is 5.13 Å². The Labute approximate surface area is 162 Å². The number of aryl methyl sites for hydroxylation is 2. The van der Waals surface area contributed by atoms with E-state index in [0.29, 0.717) is 5.13 Å². The van der Waals surface area contributed by atoms with Gasteiger partial charge in [0.05, 0.1) is 0 Å². The summed E-state index contributed by atoms with van der Waals surface area (Å²) in [5.74, 6) is -0.447. The minimum absolute atomic E-state index is 0.0553. The van der Waals surface area contributed by atoms with Crippen molar-refractivity contribution in [3.8, 4) is 6.07 Å². The van der Waals surface area contributed by atoms with Gasteiger partial charge in [0, 0.05) is 17.5 Å². The summed E-state index contributed by atoms with van der Waals surface area (Å²) in [4.78, 5) is 17.8. The van der Waals surface area contributed by atoms with Crippen molar-refractivity contribution in [2.24, 2.45) is 0 Å². The fourth-order valence-corrected chi connectivity index (χ4v) is 3.53. The molecule has 0 aliphatic carbocycles. The van der Waals surface area contributed by atoms with Crippen LogP contribution in [0.4, 0.5) is 5.13 Å². The van der Waals surface area contributed by atoms with Crippen molar-refractivity contribution < 1.29 is 4.79 Å². The minimum Gasteiger partial charge on any atom is -0.297 e. The monoisotopic (exact) mass is 373 g/mol. The summed E-state index contributed by atoms with van der Waals surface area (Å²) in [6.45, 7) is 4.00. The van der Waals surface area contributed by atoms with Crippen molar-refractivity contribution in [1.82, 2.24) is 4.98 Å². The number of hydrogen-bond donors (Lipinski definition) is 1. The number of nitriles is 1. The van der Waals surface area contributed by atoms with E-state index < -0.39 is 5.91 Å². The number of carbonyl (C=O) groups excluding carboxylic acids is 1. The second kappa shape index (κ2) is 8.43. The van der Waals surface area contributed by atoms with E-state index in [9.17, 15) is 10.1 Å². The standard InChI is InChI=1S/C22H19N3OS/c1-15-6-5-8-17(10-15)11-20-14-24-22(27-20)25-21(26)19(13-23)12-18-9-4-3-7-16(18)2/h3-10,12,14H,11H2,1-2H3,(H,24,25,26). The summed E-state index contributed by atoms with van der Waals surface area (Å²) in [5.41, 5.74) is 4.33. The average Bonchev–Trinajstić information content (AvgIpc) is 3.07. The Balaban J connectivity index is 1.71. The molecule has 0 unspecified atom stereocenters. The van der Waals surface area contributed by atoms with Crippen molar-refractivity contribution in [1.29, 1.82) is 5.26 Å². The lowest BCUT2D eigenvalue weighted by Crippen LogP contribution is -2.13. The normalized spacial score (nSPS) is 11.1. The number of nitrogens with zero attached hydrogens (tertiary/aromatic N) is 2. The summed E-state index contributed by atoms with van der Waals surface area (Å²) >= 11 is 1.42. The first kappa shape index (κ1) is 18.6. The fourth-order valence-electron chi connectivity index (χ4n) is 2.69. The number of rotatable bonds is 5. The van der Waals surface area contributed by atoms with Crippen LogP contribution in [-0.2, 0) is 11.2 Å². The van der Waals surface area contributed by atoms with Gasteiger partial charge < -0.3 is 0 Å². The van der Waals surface area contributed by atoms with Crippen LogP contribution >= 0.6 is 11.3 Å². The van der Waals surface area contributed by atoms with E-state index in [1.807, 2.05) is 43.3 Å². The maximum absolute atomic E-state index is 12.4. The second-order valence-corrected chi connectivity index (χ2v) is 7.39. The number of aromatic nitrogens is 1. The largest absolute Gasteiger partial charge is 0.297 e. The zero-order valence-electron chi connectivity index (χ0n) is 15.2. The molecule has 5 heteroatoms. The third-order valence-electron chi connectivity index (χ3n) is 4.09. The zero-order valence-corrected chi connectivity index (χ0v) is 16.0. The molecule has 0 saturated carbocycles. The van der Waals surface area contributed by atoms with Gasteiger partial charge in [-0.3, -0.25) is 10.1 Å². The summed E-state index contributed by atoms with van der Waals surface area (Å²) in [7, 11) is 0. The van der Waals surface area contributed by atoms with Gasteiger partial charge in [-0.1, -0.05) is 54.1 Å². The summed E-state index contributed by atoms with van der Waals surface area (Å²) in [6.07, 6.45) is 4.13. The van der Waals surface area contributed by atoms with Gasteiger partial charge in [0.25, 0.3) is 5.91 Å². The van der Waals surface area contributed by atoms with Gasteiger partial charge in [0.2, 0.25) is 0 Å². The van der Waals surface area contributed by atoms with Crippen LogP contribution in [0.2, 0.25) is 0 Å². The molecule has 2 aromatic carbocycles. The van der Waals surface area contributed by atoms with Gasteiger partial charge in [-0.15, -0.1) is 11.3 Å². The van der Waals surface area contributed by atoms with E-state index in [0.717, 1.165) is 22.4 Å². The number of thiazole rings is 1. The number of hydrogen-bond acceptors (Lipinski definition) is 4. The van der Waals surface area contributed by atoms with Crippen molar-refractivity contribution in [3.05, 3.63) is 87.4 Å². The predicted octanol–water partition coefficient (Wildman–Crippen LogP) is 4.90. The third-order valence-corrected chi connectivity index (χ3v) is 5.00. The molecule has 0 aliphatic heterocycles. The maximum Gasteiger partial charge on any atom is 0.268 e. The molecule has 134 valence electrons. The molecule has 0 fully saturated rings. The van der Waals surface area contributed by atoms with Crippen LogP contribution in [0.5, 0.6) is 0 Å². The fraction of sp³-hybridized carbons (Fsp3) is 0.136. The van der Waals surface area contributed by atoms with Crippen molar-refractivity contribution >= 4 is 28.5 Å². The van der Waals surface area contributed by atoms with Gasteiger partial charge in [-0.2, -0.15) is 5.26 Å². The van der Waals surface area contributed by atoms with E-state index >= 15 is 0 Å². The van der Waals surface area contributed by atoms with Crippen molar-refractivity contribution in [2.45, 2.75) is 20.3 Å². The molecule has 0 bridgehead atoms.